The Hall–Kier alpha value is -2.44. The van der Waals surface area contributed by atoms with Crippen molar-refractivity contribution >= 4 is 5.91 Å². The predicted molar refractivity (Wildman–Crippen MR) is 59.5 cm³/mol. The van der Waals surface area contributed by atoms with E-state index < -0.39 is 0 Å². The molecule has 7 nitrogen and oxygen atoms in total. The molecule has 0 aliphatic heterocycles. The number of carbonyl (C=O) groups excluding carboxylic acids is 1. The molecular formula is C10H11N5O2. The summed E-state index contributed by atoms with van der Waals surface area (Å²) in [6.07, 6.45) is 1.97. The van der Waals surface area contributed by atoms with E-state index in [2.05, 4.69) is 25.5 Å². The maximum absolute atomic E-state index is 11.6. The Kier molecular flexibility index (Phi) is 3.29. The van der Waals surface area contributed by atoms with E-state index >= 15 is 0 Å². The summed E-state index contributed by atoms with van der Waals surface area (Å²) < 4.78 is 0. The molecule has 2 rings (SSSR count). The first kappa shape index (κ1) is 11.1. The van der Waals surface area contributed by atoms with Gasteiger partial charge in [-0.1, -0.05) is 6.07 Å². The molecule has 0 aromatic carbocycles. The van der Waals surface area contributed by atoms with Crippen LogP contribution in [-0.2, 0) is 6.42 Å². The Morgan fingerprint density at radius 3 is 3.00 bits per heavy atom. The van der Waals surface area contributed by atoms with Crippen LogP contribution in [0.3, 0.4) is 0 Å². The average molecular weight is 233 g/mol. The van der Waals surface area contributed by atoms with Crippen LogP contribution in [-0.4, -0.2) is 32.6 Å². The van der Waals surface area contributed by atoms with Crippen LogP contribution >= 0.6 is 0 Å². The van der Waals surface area contributed by atoms with E-state index in [1.807, 2.05) is 0 Å². The van der Waals surface area contributed by atoms with Crippen molar-refractivity contribution in [1.29, 1.82) is 0 Å². The van der Waals surface area contributed by atoms with Crippen molar-refractivity contribution in [3.05, 3.63) is 46.4 Å². The molecule has 0 bridgehead atoms. The zero-order valence-corrected chi connectivity index (χ0v) is 8.93. The zero-order chi connectivity index (χ0) is 12.1. The lowest BCUT2D eigenvalue weighted by Gasteiger charge is -2.03. The summed E-state index contributed by atoms with van der Waals surface area (Å²) in [5, 5.41) is 9.05. The highest BCUT2D eigenvalue weighted by Crippen LogP contribution is 1.91. The van der Waals surface area contributed by atoms with Gasteiger partial charge < -0.3 is 10.3 Å². The van der Waals surface area contributed by atoms with Gasteiger partial charge in [-0.15, -0.1) is 0 Å². The Morgan fingerprint density at radius 1 is 1.41 bits per heavy atom. The Morgan fingerprint density at radius 2 is 2.29 bits per heavy atom. The van der Waals surface area contributed by atoms with Gasteiger partial charge >= 0.3 is 0 Å². The number of hydrogen-bond donors (Lipinski definition) is 3. The van der Waals surface area contributed by atoms with Crippen molar-refractivity contribution in [3.63, 3.8) is 0 Å². The summed E-state index contributed by atoms with van der Waals surface area (Å²) in [6.45, 7) is 0.422. The lowest BCUT2D eigenvalue weighted by molar-refractivity contribution is 0.0949. The first-order valence-electron chi connectivity index (χ1n) is 5.07. The lowest BCUT2D eigenvalue weighted by Crippen LogP contribution is -2.28. The highest BCUT2D eigenvalue weighted by molar-refractivity contribution is 5.92. The van der Waals surface area contributed by atoms with Gasteiger partial charge in [0.15, 0.2) is 0 Å². The Bertz CT molecular complexity index is 546. The highest BCUT2D eigenvalue weighted by atomic mass is 16.2. The maximum atomic E-state index is 11.6. The molecule has 0 aliphatic rings. The molecule has 1 amide bonds. The molecule has 0 spiro atoms. The minimum absolute atomic E-state index is 0.245. The fourth-order valence-electron chi connectivity index (χ4n) is 1.32. The van der Waals surface area contributed by atoms with Gasteiger partial charge in [0.1, 0.15) is 17.8 Å². The molecule has 2 aromatic heterocycles. The summed E-state index contributed by atoms with van der Waals surface area (Å²) in [5.74, 6) is 0.383. The Labute approximate surface area is 96.3 Å². The molecule has 0 aliphatic carbocycles. The zero-order valence-electron chi connectivity index (χ0n) is 8.93. The number of aromatic amines is 2. The normalized spacial score (nSPS) is 10.1. The third-order valence-corrected chi connectivity index (χ3v) is 2.13. The highest BCUT2D eigenvalue weighted by Gasteiger charge is 2.05. The maximum Gasteiger partial charge on any atom is 0.267 e. The standard InChI is InChI=1S/C10H11N5O2/c16-9-3-1-2-7(14-9)10(17)11-5-4-8-12-6-13-15-8/h1-3,6H,4-5H2,(H,11,17)(H,14,16)(H,12,13,15). The number of amides is 1. The molecule has 0 saturated carbocycles. The minimum atomic E-state index is -0.317. The smallest absolute Gasteiger partial charge is 0.267 e. The quantitative estimate of drug-likeness (QED) is 0.660. The fraction of sp³-hybridized carbons (Fsp3) is 0.200. The molecule has 0 saturated heterocycles. The summed E-state index contributed by atoms with van der Waals surface area (Å²) >= 11 is 0. The number of carbonyl (C=O) groups is 1. The monoisotopic (exact) mass is 233 g/mol. The van der Waals surface area contributed by atoms with Crippen molar-refractivity contribution in [3.8, 4) is 0 Å². The van der Waals surface area contributed by atoms with Crippen LogP contribution in [0.25, 0.3) is 0 Å². The lowest BCUT2D eigenvalue weighted by atomic mass is 10.3. The number of aromatic nitrogens is 4. The van der Waals surface area contributed by atoms with Crippen LogP contribution in [0, 0.1) is 0 Å². The molecule has 0 fully saturated rings. The average Bonchev–Trinajstić information content (AvgIpc) is 2.82. The van der Waals surface area contributed by atoms with Crippen molar-refractivity contribution in [2.45, 2.75) is 6.42 Å². The van der Waals surface area contributed by atoms with Crippen molar-refractivity contribution in [2.75, 3.05) is 6.54 Å². The van der Waals surface area contributed by atoms with Gasteiger partial charge in [0.05, 0.1) is 0 Å². The molecule has 0 radical (unpaired) electrons. The molecule has 7 heteroatoms. The molecule has 17 heavy (non-hydrogen) atoms. The summed E-state index contributed by atoms with van der Waals surface area (Å²) in [5.41, 5.74) is -0.0528. The summed E-state index contributed by atoms with van der Waals surface area (Å²) in [7, 11) is 0. The number of hydrogen-bond acceptors (Lipinski definition) is 4. The number of rotatable bonds is 4. The van der Waals surface area contributed by atoms with E-state index in [0.717, 1.165) is 0 Å². The molecule has 3 N–H and O–H groups in total. The molecule has 2 heterocycles. The number of nitrogens with zero attached hydrogens (tertiary/aromatic N) is 2. The van der Waals surface area contributed by atoms with Crippen LogP contribution in [0.15, 0.2) is 29.3 Å². The predicted octanol–water partition coefficient (Wildman–Crippen LogP) is -0.535. The second-order valence-electron chi connectivity index (χ2n) is 3.37. The second kappa shape index (κ2) is 5.06. The van der Waals surface area contributed by atoms with E-state index in [1.54, 1.807) is 6.07 Å². The topological polar surface area (TPSA) is 104 Å². The van der Waals surface area contributed by atoms with E-state index in [4.69, 9.17) is 0 Å². The van der Waals surface area contributed by atoms with Gasteiger partial charge in [0.25, 0.3) is 5.91 Å². The third kappa shape index (κ3) is 3.00. The van der Waals surface area contributed by atoms with Gasteiger partial charge in [-0.25, -0.2) is 4.98 Å². The van der Waals surface area contributed by atoms with Gasteiger partial charge in [-0.05, 0) is 6.07 Å². The van der Waals surface area contributed by atoms with Crippen LogP contribution in [0.4, 0.5) is 0 Å². The van der Waals surface area contributed by atoms with Crippen molar-refractivity contribution < 1.29 is 4.79 Å². The number of pyridine rings is 1. The van der Waals surface area contributed by atoms with Gasteiger partial charge in [-0.2, -0.15) is 5.10 Å². The molecule has 88 valence electrons. The summed E-state index contributed by atoms with van der Waals surface area (Å²) in [6, 6.07) is 4.43. The van der Waals surface area contributed by atoms with Gasteiger partial charge in [-0.3, -0.25) is 14.7 Å². The summed E-state index contributed by atoms with van der Waals surface area (Å²) in [4.78, 5) is 29.0. The first-order chi connectivity index (χ1) is 8.25. The molecule has 2 aromatic rings. The van der Waals surface area contributed by atoms with E-state index in [-0.39, 0.29) is 17.2 Å². The van der Waals surface area contributed by atoms with E-state index in [9.17, 15) is 9.59 Å². The van der Waals surface area contributed by atoms with E-state index in [0.29, 0.717) is 18.8 Å². The second-order valence-corrected chi connectivity index (χ2v) is 3.37. The Balaban J connectivity index is 1.87. The van der Waals surface area contributed by atoms with Crippen molar-refractivity contribution in [2.24, 2.45) is 0 Å². The number of H-pyrrole nitrogens is 2. The van der Waals surface area contributed by atoms with E-state index in [1.165, 1.54) is 18.5 Å². The molecule has 0 unspecified atom stereocenters. The minimum Gasteiger partial charge on any atom is -0.350 e. The van der Waals surface area contributed by atoms with Gasteiger partial charge in [0.2, 0.25) is 5.56 Å². The third-order valence-electron chi connectivity index (χ3n) is 2.13. The van der Waals surface area contributed by atoms with Gasteiger partial charge in [0, 0.05) is 19.0 Å². The van der Waals surface area contributed by atoms with Crippen LogP contribution in [0.2, 0.25) is 0 Å². The first-order valence-corrected chi connectivity index (χ1v) is 5.07. The molecule has 0 atom stereocenters. The van der Waals surface area contributed by atoms with Crippen molar-refractivity contribution in [1.82, 2.24) is 25.5 Å². The molecular weight excluding hydrogens is 222 g/mol. The SMILES string of the molecule is O=C(NCCc1ncn[nH]1)c1cccc(=O)[nH]1. The van der Waals surface area contributed by atoms with Crippen LogP contribution < -0.4 is 10.9 Å². The fourth-order valence-corrected chi connectivity index (χ4v) is 1.32. The van der Waals surface area contributed by atoms with Crippen LogP contribution in [0.5, 0.6) is 0 Å². The number of nitrogens with one attached hydrogen (secondary N) is 3. The largest absolute Gasteiger partial charge is 0.350 e. The van der Waals surface area contributed by atoms with Crippen LogP contribution in [0.1, 0.15) is 16.3 Å².